The Kier molecular flexibility index (Phi) is 6.01. The Bertz CT molecular complexity index is 369. The standard InChI is InChI=1S/C15H29N3O3/c1-11(2)17-6-8-18(9-7-17)14(21)16-12(10-13(19)20)15(3,4)5/h11-12H,6-10H2,1-5H3,(H,16,21)(H,19,20). The Balaban J connectivity index is 2.57. The molecule has 1 fully saturated rings. The third-order valence-corrected chi connectivity index (χ3v) is 4.05. The lowest BCUT2D eigenvalue weighted by Crippen LogP contribution is -2.56. The molecule has 0 spiro atoms. The second kappa shape index (κ2) is 7.11. The number of amides is 2. The van der Waals surface area contributed by atoms with Crippen molar-refractivity contribution in [2.45, 2.75) is 53.1 Å². The zero-order valence-corrected chi connectivity index (χ0v) is 13.8. The largest absolute Gasteiger partial charge is 0.481 e. The van der Waals surface area contributed by atoms with E-state index in [1.807, 2.05) is 20.8 Å². The van der Waals surface area contributed by atoms with Crippen molar-refractivity contribution in [2.75, 3.05) is 26.2 Å². The third kappa shape index (κ3) is 5.53. The van der Waals surface area contributed by atoms with E-state index in [-0.39, 0.29) is 23.9 Å². The van der Waals surface area contributed by atoms with Crippen LogP contribution in [0.4, 0.5) is 4.79 Å². The molecule has 1 unspecified atom stereocenters. The van der Waals surface area contributed by atoms with E-state index in [0.29, 0.717) is 19.1 Å². The van der Waals surface area contributed by atoms with Crippen molar-refractivity contribution in [3.63, 3.8) is 0 Å². The minimum atomic E-state index is -0.889. The van der Waals surface area contributed by atoms with Crippen LogP contribution in [0.25, 0.3) is 0 Å². The van der Waals surface area contributed by atoms with Gasteiger partial charge in [0.1, 0.15) is 0 Å². The van der Waals surface area contributed by atoms with Gasteiger partial charge in [-0.05, 0) is 19.3 Å². The summed E-state index contributed by atoms with van der Waals surface area (Å²) in [7, 11) is 0. The SMILES string of the molecule is CC(C)N1CCN(C(=O)NC(CC(=O)O)C(C)(C)C)CC1. The minimum absolute atomic E-state index is 0.0544. The van der Waals surface area contributed by atoms with Crippen LogP contribution < -0.4 is 5.32 Å². The van der Waals surface area contributed by atoms with Crippen LogP contribution in [0.3, 0.4) is 0 Å². The van der Waals surface area contributed by atoms with Crippen molar-refractivity contribution in [3.8, 4) is 0 Å². The van der Waals surface area contributed by atoms with Gasteiger partial charge < -0.3 is 15.3 Å². The van der Waals surface area contributed by atoms with E-state index >= 15 is 0 Å². The predicted octanol–water partition coefficient (Wildman–Crippen LogP) is 1.61. The maximum Gasteiger partial charge on any atom is 0.317 e. The lowest BCUT2D eigenvalue weighted by Gasteiger charge is -2.38. The lowest BCUT2D eigenvalue weighted by molar-refractivity contribution is -0.138. The molecular weight excluding hydrogens is 270 g/mol. The van der Waals surface area contributed by atoms with Crippen LogP contribution in [-0.2, 0) is 4.79 Å². The normalized spacial score (nSPS) is 18.7. The van der Waals surface area contributed by atoms with Gasteiger partial charge in [0.2, 0.25) is 0 Å². The number of nitrogens with one attached hydrogen (secondary N) is 1. The highest BCUT2D eigenvalue weighted by molar-refractivity contribution is 5.76. The van der Waals surface area contributed by atoms with Crippen molar-refractivity contribution in [2.24, 2.45) is 5.41 Å². The van der Waals surface area contributed by atoms with Crippen molar-refractivity contribution >= 4 is 12.0 Å². The number of hydrogen-bond acceptors (Lipinski definition) is 3. The van der Waals surface area contributed by atoms with Gasteiger partial charge in [-0.1, -0.05) is 20.8 Å². The minimum Gasteiger partial charge on any atom is -0.481 e. The monoisotopic (exact) mass is 299 g/mol. The number of aliphatic carboxylic acids is 1. The zero-order valence-electron chi connectivity index (χ0n) is 13.8. The highest BCUT2D eigenvalue weighted by Gasteiger charge is 2.31. The van der Waals surface area contributed by atoms with Gasteiger partial charge in [0.15, 0.2) is 0 Å². The van der Waals surface area contributed by atoms with Crippen LogP contribution in [-0.4, -0.2) is 65.2 Å². The summed E-state index contributed by atoms with van der Waals surface area (Å²) in [5, 5.41) is 11.9. The predicted molar refractivity (Wildman–Crippen MR) is 82.3 cm³/mol. The highest BCUT2D eigenvalue weighted by Crippen LogP contribution is 2.22. The van der Waals surface area contributed by atoms with Gasteiger partial charge in [0, 0.05) is 38.3 Å². The molecule has 0 radical (unpaired) electrons. The van der Waals surface area contributed by atoms with Gasteiger partial charge in [-0.3, -0.25) is 9.69 Å². The molecule has 0 aliphatic carbocycles. The summed E-state index contributed by atoms with van der Waals surface area (Å²) < 4.78 is 0. The summed E-state index contributed by atoms with van der Waals surface area (Å²) in [6.07, 6.45) is -0.0544. The molecule has 6 heteroatoms. The zero-order chi connectivity index (χ0) is 16.2. The third-order valence-electron chi connectivity index (χ3n) is 4.05. The molecule has 0 aromatic rings. The van der Waals surface area contributed by atoms with Crippen molar-refractivity contribution < 1.29 is 14.7 Å². The number of carbonyl (C=O) groups is 2. The van der Waals surface area contributed by atoms with Crippen LogP contribution in [0.2, 0.25) is 0 Å². The van der Waals surface area contributed by atoms with Crippen LogP contribution in [0.15, 0.2) is 0 Å². The number of piperazine rings is 1. The first kappa shape index (κ1) is 17.8. The molecule has 2 amide bonds. The number of rotatable bonds is 4. The second-order valence-corrected chi connectivity index (χ2v) is 7.08. The van der Waals surface area contributed by atoms with Gasteiger partial charge in [0.25, 0.3) is 0 Å². The Labute approximate surface area is 127 Å². The van der Waals surface area contributed by atoms with E-state index in [2.05, 4.69) is 24.1 Å². The Hall–Kier alpha value is -1.30. The number of nitrogens with zero attached hydrogens (tertiary/aromatic N) is 2. The maximum absolute atomic E-state index is 12.3. The molecule has 1 heterocycles. The summed E-state index contributed by atoms with van der Waals surface area (Å²) in [6.45, 7) is 13.2. The summed E-state index contributed by atoms with van der Waals surface area (Å²) in [4.78, 5) is 27.4. The van der Waals surface area contributed by atoms with Crippen molar-refractivity contribution in [1.82, 2.24) is 15.1 Å². The molecular formula is C15H29N3O3. The van der Waals surface area contributed by atoms with Crippen LogP contribution in [0.5, 0.6) is 0 Å². The molecule has 122 valence electrons. The molecule has 1 aliphatic rings. The summed E-state index contributed by atoms with van der Waals surface area (Å²) >= 11 is 0. The average Bonchev–Trinajstić information content (AvgIpc) is 2.36. The molecule has 6 nitrogen and oxygen atoms in total. The highest BCUT2D eigenvalue weighted by atomic mass is 16.4. The van der Waals surface area contributed by atoms with Crippen LogP contribution in [0, 0.1) is 5.41 Å². The number of hydrogen-bond donors (Lipinski definition) is 2. The van der Waals surface area contributed by atoms with Crippen molar-refractivity contribution in [3.05, 3.63) is 0 Å². The quantitative estimate of drug-likeness (QED) is 0.827. The maximum atomic E-state index is 12.3. The van der Waals surface area contributed by atoms with Gasteiger partial charge in [-0.15, -0.1) is 0 Å². The number of carbonyl (C=O) groups excluding carboxylic acids is 1. The Morgan fingerprint density at radius 1 is 1.14 bits per heavy atom. The van der Waals surface area contributed by atoms with Crippen molar-refractivity contribution in [1.29, 1.82) is 0 Å². The van der Waals surface area contributed by atoms with E-state index < -0.39 is 5.97 Å². The second-order valence-electron chi connectivity index (χ2n) is 7.08. The fourth-order valence-electron chi connectivity index (χ4n) is 2.43. The molecule has 0 aromatic heterocycles. The van der Waals surface area contributed by atoms with E-state index in [0.717, 1.165) is 13.1 Å². The Morgan fingerprint density at radius 2 is 1.67 bits per heavy atom. The van der Waals surface area contributed by atoms with Crippen LogP contribution in [0.1, 0.15) is 41.0 Å². The summed E-state index contributed by atoms with van der Waals surface area (Å²) in [5.74, 6) is -0.889. The smallest absolute Gasteiger partial charge is 0.317 e. The Morgan fingerprint density at radius 3 is 2.05 bits per heavy atom. The molecule has 1 saturated heterocycles. The number of carboxylic acids is 1. The van der Waals surface area contributed by atoms with E-state index in [9.17, 15) is 9.59 Å². The number of carboxylic acid groups (broad SMARTS) is 1. The fraction of sp³-hybridized carbons (Fsp3) is 0.867. The fourth-order valence-corrected chi connectivity index (χ4v) is 2.43. The van der Waals surface area contributed by atoms with Gasteiger partial charge >= 0.3 is 12.0 Å². The lowest BCUT2D eigenvalue weighted by atomic mass is 9.85. The summed E-state index contributed by atoms with van der Waals surface area (Å²) in [5.41, 5.74) is -0.284. The summed E-state index contributed by atoms with van der Waals surface area (Å²) in [6, 6.07) is -0.0326. The van der Waals surface area contributed by atoms with Gasteiger partial charge in [-0.2, -0.15) is 0 Å². The van der Waals surface area contributed by atoms with E-state index in [1.165, 1.54) is 0 Å². The van der Waals surface area contributed by atoms with Gasteiger partial charge in [-0.25, -0.2) is 4.79 Å². The molecule has 1 rings (SSSR count). The van der Waals surface area contributed by atoms with E-state index in [1.54, 1.807) is 4.90 Å². The first-order chi connectivity index (χ1) is 9.61. The molecule has 0 bridgehead atoms. The molecule has 2 N–H and O–H groups in total. The molecule has 1 atom stereocenters. The number of urea groups is 1. The average molecular weight is 299 g/mol. The molecule has 21 heavy (non-hydrogen) atoms. The molecule has 1 aliphatic heterocycles. The molecule has 0 saturated carbocycles. The first-order valence-electron chi connectivity index (χ1n) is 7.62. The first-order valence-corrected chi connectivity index (χ1v) is 7.62. The van der Waals surface area contributed by atoms with E-state index in [4.69, 9.17) is 5.11 Å². The van der Waals surface area contributed by atoms with Crippen LogP contribution >= 0.6 is 0 Å². The van der Waals surface area contributed by atoms with Gasteiger partial charge in [0.05, 0.1) is 6.42 Å². The molecule has 0 aromatic carbocycles. The topological polar surface area (TPSA) is 72.9 Å².